The summed E-state index contributed by atoms with van der Waals surface area (Å²) >= 11 is 0. The molecule has 42 heavy (non-hydrogen) atoms. The lowest BCUT2D eigenvalue weighted by atomic mass is 9.98. The van der Waals surface area contributed by atoms with E-state index in [-0.39, 0.29) is 24.1 Å². The Kier molecular flexibility index (Phi) is 7.75. The maximum atomic E-state index is 14.2. The molecule has 2 amide bonds. The third-order valence-corrected chi connectivity index (χ3v) is 8.07. The van der Waals surface area contributed by atoms with Gasteiger partial charge in [-0.1, -0.05) is 60.7 Å². The molecule has 0 bridgehead atoms. The zero-order chi connectivity index (χ0) is 29.2. The van der Waals surface area contributed by atoms with Crippen LogP contribution in [0.1, 0.15) is 16.7 Å². The predicted molar refractivity (Wildman–Crippen MR) is 159 cm³/mol. The Bertz CT molecular complexity index is 1590. The number of nitrogens with one attached hydrogen (secondary N) is 1. The van der Waals surface area contributed by atoms with Crippen molar-refractivity contribution in [3.63, 3.8) is 0 Å². The van der Waals surface area contributed by atoms with E-state index in [2.05, 4.69) is 29.2 Å². The molecule has 3 heterocycles. The lowest BCUT2D eigenvalue weighted by molar-refractivity contribution is -0.217. The fraction of sp³-hybridized carbons (Fsp3) is 0.281. The van der Waals surface area contributed by atoms with Gasteiger partial charge in [-0.2, -0.15) is 10.2 Å². The van der Waals surface area contributed by atoms with Crippen LogP contribution < -0.4 is 5.43 Å². The highest BCUT2D eigenvalue weighted by molar-refractivity contribution is 5.91. The van der Waals surface area contributed by atoms with Crippen LogP contribution in [0.25, 0.3) is 10.9 Å². The first-order valence-corrected chi connectivity index (χ1v) is 14.1. The van der Waals surface area contributed by atoms with Crippen molar-refractivity contribution in [2.45, 2.75) is 31.7 Å². The summed E-state index contributed by atoms with van der Waals surface area (Å²) in [4.78, 5) is 31.6. The summed E-state index contributed by atoms with van der Waals surface area (Å²) in [6.45, 7) is 5.78. The topological polar surface area (TPSA) is 97.2 Å². The number of benzene rings is 3. The number of carbonyl (C=O) groups excluding carboxylic acids is 2. The van der Waals surface area contributed by atoms with Gasteiger partial charge in [0.05, 0.1) is 24.8 Å². The summed E-state index contributed by atoms with van der Waals surface area (Å²) in [7, 11) is 1.90. The zero-order valence-electron chi connectivity index (χ0n) is 23.6. The lowest BCUT2D eigenvalue weighted by Gasteiger charge is -2.55. The van der Waals surface area contributed by atoms with Crippen LogP contribution in [0.3, 0.4) is 0 Å². The highest BCUT2D eigenvalue weighted by Gasteiger charge is 2.49. The van der Waals surface area contributed by atoms with Crippen LogP contribution in [0.15, 0.2) is 91.6 Å². The number of piperazine rings is 1. The summed E-state index contributed by atoms with van der Waals surface area (Å²) in [5.74, 6) is -0.0531. The van der Waals surface area contributed by atoms with Crippen molar-refractivity contribution < 1.29 is 14.7 Å². The number of aryl methyl sites for hydroxylation is 1. The van der Waals surface area contributed by atoms with Gasteiger partial charge in [0.25, 0.3) is 0 Å². The number of aromatic hydroxyl groups is 1. The van der Waals surface area contributed by atoms with E-state index >= 15 is 0 Å². The van der Waals surface area contributed by atoms with Gasteiger partial charge in [0, 0.05) is 38.5 Å². The summed E-state index contributed by atoms with van der Waals surface area (Å²) in [6.07, 6.45) is 3.51. The third kappa shape index (κ3) is 5.39. The van der Waals surface area contributed by atoms with E-state index in [1.165, 1.54) is 0 Å². The van der Waals surface area contributed by atoms with Crippen LogP contribution in [-0.2, 0) is 36.1 Å². The van der Waals surface area contributed by atoms with Crippen molar-refractivity contribution in [1.29, 1.82) is 0 Å². The smallest absolute Gasteiger partial charge is 0.246 e. The average Bonchev–Trinajstić information content (AvgIpc) is 3.38. The summed E-state index contributed by atoms with van der Waals surface area (Å²) < 4.78 is 1.83. The second-order valence-electron chi connectivity index (χ2n) is 10.8. The van der Waals surface area contributed by atoms with Crippen LogP contribution in [-0.4, -0.2) is 78.5 Å². The Morgan fingerprint density at radius 2 is 1.81 bits per heavy atom. The standard InChI is InChI=1S/C32H35N7O3/c1-3-16-37-22-31(41)38-29(17-23-12-14-26(40)15-13-23)32(42)36(20-25-10-7-11-28-27(25)19-33-35(28)2)21-30(38)39(37)34-18-24-8-5-4-6-9-24/h3-15,19,29-30,34,40H,1,16-18,20-22H2,2H3/t29-,30-/m0/s1. The predicted octanol–water partition coefficient (Wildman–Crippen LogP) is 2.81. The van der Waals surface area contributed by atoms with Crippen LogP contribution in [0.4, 0.5) is 0 Å². The first kappa shape index (κ1) is 27.6. The molecule has 2 aliphatic heterocycles. The monoisotopic (exact) mass is 565 g/mol. The Morgan fingerprint density at radius 1 is 1.02 bits per heavy atom. The molecule has 0 aliphatic carbocycles. The first-order chi connectivity index (χ1) is 20.4. The molecular formula is C32H35N7O3. The van der Waals surface area contributed by atoms with E-state index in [0.717, 1.165) is 27.6 Å². The minimum Gasteiger partial charge on any atom is -0.508 e. The number of carbonyl (C=O) groups is 2. The van der Waals surface area contributed by atoms with Gasteiger partial charge < -0.3 is 14.9 Å². The van der Waals surface area contributed by atoms with E-state index in [4.69, 9.17) is 0 Å². The largest absolute Gasteiger partial charge is 0.508 e. The molecule has 0 saturated carbocycles. The van der Waals surface area contributed by atoms with Gasteiger partial charge in [-0.15, -0.1) is 6.58 Å². The Balaban J connectivity index is 1.37. The van der Waals surface area contributed by atoms with Crippen LogP contribution in [0, 0.1) is 0 Å². The second kappa shape index (κ2) is 11.8. The zero-order valence-corrected chi connectivity index (χ0v) is 23.6. The SMILES string of the molecule is C=CCN1CC(=O)N2[C@@H](Cc3ccc(O)cc3)C(=O)N(Cc3cccc4c3cnn4C)C[C@@H]2N1NCc1ccccc1. The number of amides is 2. The normalized spacial score (nSPS) is 19.8. The van der Waals surface area contributed by atoms with E-state index in [1.54, 1.807) is 35.2 Å². The van der Waals surface area contributed by atoms with Gasteiger partial charge in [-0.3, -0.25) is 14.3 Å². The molecule has 0 radical (unpaired) electrons. The molecule has 10 nitrogen and oxygen atoms in total. The molecule has 2 aliphatic rings. The van der Waals surface area contributed by atoms with Gasteiger partial charge in [0.1, 0.15) is 18.0 Å². The maximum absolute atomic E-state index is 14.2. The number of hydrogen-bond donors (Lipinski definition) is 2. The van der Waals surface area contributed by atoms with Gasteiger partial charge >= 0.3 is 0 Å². The Hall–Kier alpha value is -4.51. The molecule has 0 unspecified atom stereocenters. The van der Waals surface area contributed by atoms with E-state index in [0.29, 0.717) is 32.6 Å². The fourth-order valence-corrected chi connectivity index (χ4v) is 5.99. The average molecular weight is 566 g/mol. The number of phenolic OH excluding ortho intramolecular Hbond substituents is 1. The van der Waals surface area contributed by atoms with Gasteiger partial charge in [-0.05, 0) is 34.9 Å². The van der Waals surface area contributed by atoms with Crippen molar-refractivity contribution in [2.24, 2.45) is 7.05 Å². The van der Waals surface area contributed by atoms with Gasteiger partial charge in [0.15, 0.2) is 0 Å². The van der Waals surface area contributed by atoms with Crippen LogP contribution >= 0.6 is 0 Å². The molecule has 2 N–H and O–H groups in total. The molecular weight excluding hydrogens is 530 g/mol. The number of nitrogens with zero attached hydrogens (tertiary/aromatic N) is 6. The molecule has 4 aromatic rings. The van der Waals surface area contributed by atoms with Crippen molar-refractivity contribution in [3.05, 3.63) is 108 Å². The molecule has 0 spiro atoms. The molecule has 2 atom stereocenters. The minimum atomic E-state index is -0.708. The number of aromatic nitrogens is 2. The van der Waals surface area contributed by atoms with Gasteiger partial charge in [-0.25, -0.2) is 10.4 Å². The van der Waals surface area contributed by atoms with Crippen LogP contribution in [0.2, 0.25) is 0 Å². The number of fused-ring (bicyclic) bond motifs is 2. The van der Waals surface area contributed by atoms with Crippen molar-refractivity contribution >= 4 is 22.7 Å². The third-order valence-electron chi connectivity index (χ3n) is 8.07. The molecule has 1 aromatic heterocycles. The highest BCUT2D eigenvalue weighted by Crippen LogP contribution is 2.30. The van der Waals surface area contributed by atoms with Crippen molar-refractivity contribution in [2.75, 3.05) is 19.6 Å². The van der Waals surface area contributed by atoms with Crippen molar-refractivity contribution in [3.8, 4) is 5.75 Å². The molecule has 6 rings (SSSR count). The number of hydrazine groups is 2. The molecule has 216 valence electrons. The molecule has 10 heteroatoms. The molecule has 2 fully saturated rings. The summed E-state index contributed by atoms with van der Waals surface area (Å²) in [6, 6.07) is 22.2. The molecule has 2 saturated heterocycles. The van der Waals surface area contributed by atoms with E-state index in [9.17, 15) is 14.7 Å². The fourth-order valence-electron chi connectivity index (χ4n) is 5.99. The lowest BCUT2D eigenvalue weighted by Crippen LogP contribution is -2.77. The van der Waals surface area contributed by atoms with E-state index in [1.807, 2.05) is 69.4 Å². The quantitative estimate of drug-likeness (QED) is 0.301. The van der Waals surface area contributed by atoms with Crippen LogP contribution in [0.5, 0.6) is 5.75 Å². The van der Waals surface area contributed by atoms with E-state index < -0.39 is 12.2 Å². The van der Waals surface area contributed by atoms with Crippen molar-refractivity contribution in [1.82, 2.24) is 35.1 Å². The molecule has 3 aromatic carbocycles. The minimum absolute atomic E-state index is 0.103. The summed E-state index contributed by atoms with van der Waals surface area (Å²) in [5.41, 5.74) is 7.52. The van der Waals surface area contributed by atoms with Gasteiger partial charge in [0.2, 0.25) is 11.8 Å². The Morgan fingerprint density at radius 3 is 2.57 bits per heavy atom. The maximum Gasteiger partial charge on any atom is 0.246 e. The Labute approximate surface area is 245 Å². The first-order valence-electron chi connectivity index (χ1n) is 14.1. The number of hydrogen-bond acceptors (Lipinski definition) is 7. The number of phenols is 1. The number of rotatable bonds is 9. The summed E-state index contributed by atoms with van der Waals surface area (Å²) in [5, 5.41) is 19.2. The highest BCUT2D eigenvalue weighted by atomic mass is 16.3. The second-order valence-corrected chi connectivity index (χ2v) is 10.8.